The van der Waals surface area contributed by atoms with Crippen LogP contribution in [0.1, 0.15) is 35.2 Å². The van der Waals surface area contributed by atoms with Crippen molar-refractivity contribution in [1.29, 1.82) is 0 Å². The third-order valence-electron chi connectivity index (χ3n) is 4.81. The Hall–Kier alpha value is -3.01. The van der Waals surface area contributed by atoms with Crippen molar-refractivity contribution in [2.45, 2.75) is 32.2 Å². The fourth-order valence-electron chi connectivity index (χ4n) is 3.06. The molecule has 1 amide bonds. The number of hydroxylamine groups is 2. The van der Waals surface area contributed by atoms with Crippen molar-refractivity contribution in [3.05, 3.63) is 63.7 Å². The predicted octanol–water partition coefficient (Wildman–Crippen LogP) is 4.02. The standard InChI is InChI=1S/C21H25N3O6/c1-23(28-2)21(25)16-8-11-19(24(26)27)18(13-16)22-17-9-6-15(7-10-17)14-30-20-5-3-4-12-29-20/h6-11,13,20,22H,3-5,12,14H2,1-2H3. The zero-order valence-electron chi connectivity index (χ0n) is 17.0. The SMILES string of the molecule is CON(C)C(=O)c1ccc([N+](=O)[O-])c(Nc2ccc(COC3CCCCO3)cc2)c1. The van der Waals surface area contributed by atoms with Gasteiger partial charge in [0, 0.05) is 31.0 Å². The number of nitrogens with zero attached hydrogens (tertiary/aromatic N) is 2. The summed E-state index contributed by atoms with van der Waals surface area (Å²) in [6, 6.07) is 11.5. The average molecular weight is 415 g/mol. The van der Waals surface area contributed by atoms with E-state index in [1.54, 1.807) is 12.1 Å². The fourth-order valence-corrected chi connectivity index (χ4v) is 3.06. The molecule has 1 aliphatic rings. The van der Waals surface area contributed by atoms with Crippen LogP contribution in [0.15, 0.2) is 42.5 Å². The van der Waals surface area contributed by atoms with E-state index < -0.39 is 10.8 Å². The van der Waals surface area contributed by atoms with E-state index in [2.05, 4.69) is 5.32 Å². The number of nitro groups is 1. The summed E-state index contributed by atoms with van der Waals surface area (Å²) in [6.45, 7) is 1.16. The van der Waals surface area contributed by atoms with E-state index in [4.69, 9.17) is 14.3 Å². The Labute approximate surface area is 174 Å². The number of amides is 1. The van der Waals surface area contributed by atoms with Gasteiger partial charge in [0.05, 0.1) is 18.6 Å². The number of anilines is 2. The van der Waals surface area contributed by atoms with Crippen LogP contribution >= 0.6 is 0 Å². The third-order valence-corrected chi connectivity index (χ3v) is 4.81. The first-order valence-corrected chi connectivity index (χ1v) is 9.67. The van der Waals surface area contributed by atoms with Gasteiger partial charge in [0.15, 0.2) is 6.29 Å². The monoisotopic (exact) mass is 415 g/mol. The normalized spacial score (nSPS) is 16.1. The van der Waals surface area contributed by atoms with Crippen LogP contribution in [-0.4, -0.2) is 42.9 Å². The summed E-state index contributed by atoms with van der Waals surface area (Å²) in [7, 11) is 2.84. The van der Waals surface area contributed by atoms with Crippen molar-refractivity contribution in [3.63, 3.8) is 0 Å². The van der Waals surface area contributed by atoms with E-state index in [1.165, 1.54) is 32.4 Å². The van der Waals surface area contributed by atoms with Crippen LogP contribution in [0, 0.1) is 10.1 Å². The molecule has 0 aliphatic carbocycles. The van der Waals surface area contributed by atoms with E-state index >= 15 is 0 Å². The Morgan fingerprint density at radius 1 is 1.27 bits per heavy atom. The van der Waals surface area contributed by atoms with Crippen LogP contribution < -0.4 is 5.32 Å². The quantitative estimate of drug-likeness (QED) is 0.513. The lowest BCUT2D eigenvalue weighted by molar-refractivity contribution is -0.383. The van der Waals surface area contributed by atoms with E-state index in [0.29, 0.717) is 12.3 Å². The molecule has 9 nitrogen and oxygen atoms in total. The van der Waals surface area contributed by atoms with Gasteiger partial charge in [-0.25, -0.2) is 5.06 Å². The van der Waals surface area contributed by atoms with Gasteiger partial charge in [-0.2, -0.15) is 0 Å². The maximum Gasteiger partial charge on any atom is 0.292 e. The zero-order chi connectivity index (χ0) is 21.5. The minimum Gasteiger partial charge on any atom is -0.353 e. The van der Waals surface area contributed by atoms with Gasteiger partial charge >= 0.3 is 0 Å². The number of hydrogen-bond acceptors (Lipinski definition) is 7. The summed E-state index contributed by atoms with van der Waals surface area (Å²) in [5, 5.41) is 15.5. The summed E-state index contributed by atoms with van der Waals surface area (Å²) < 4.78 is 11.3. The Kier molecular flexibility index (Phi) is 7.34. The van der Waals surface area contributed by atoms with Crippen LogP contribution in [-0.2, 0) is 20.9 Å². The Morgan fingerprint density at radius 2 is 2.03 bits per heavy atom. The zero-order valence-corrected chi connectivity index (χ0v) is 17.0. The van der Waals surface area contributed by atoms with Gasteiger partial charge in [-0.3, -0.25) is 19.7 Å². The highest BCUT2D eigenvalue weighted by molar-refractivity contribution is 5.95. The second kappa shape index (κ2) is 10.1. The van der Waals surface area contributed by atoms with Crippen LogP contribution in [0.5, 0.6) is 0 Å². The molecule has 1 fully saturated rings. The summed E-state index contributed by atoms with van der Waals surface area (Å²) >= 11 is 0. The van der Waals surface area contributed by atoms with Gasteiger partial charge in [0.2, 0.25) is 0 Å². The highest BCUT2D eigenvalue weighted by atomic mass is 16.7. The van der Waals surface area contributed by atoms with Crippen molar-refractivity contribution in [2.75, 3.05) is 26.1 Å². The predicted molar refractivity (Wildman–Crippen MR) is 110 cm³/mol. The molecule has 0 saturated carbocycles. The fraction of sp³-hybridized carbons (Fsp3) is 0.381. The van der Waals surface area contributed by atoms with Gasteiger partial charge in [-0.05, 0) is 49.1 Å². The molecule has 1 atom stereocenters. The molecular formula is C21H25N3O6. The average Bonchev–Trinajstić information content (AvgIpc) is 2.78. The molecule has 3 rings (SSSR count). The number of nitro benzene ring substituents is 1. The van der Waals surface area contributed by atoms with E-state index in [-0.39, 0.29) is 23.2 Å². The molecule has 1 saturated heterocycles. The summed E-state index contributed by atoms with van der Waals surface area (Å²) in [5.74, 6) is -0.409. The van der Waals surface area contributed by atoms with Gasteiger partial charge in [0.1, 0.15) is 5.69 Å². The van der Waals surface area contributed by atoms with Gasteiger partial charge in [0.25, 0.3) is 11.6 Å². The number of carbonyl (C=O) groups is 1. The molecule has 2 aromatic rings. The molecule has 0 spiro atoms. The van der Waals surface area contributed by atoms with Gasteiger partial charge < -0.3 is 14.8 Å². The molecular weight excluding hydrogens is 390 g/mol. The van der Waals surface area contributed by atoms with Crippen LogP contribution in [0.25, 0.3) is 0 Å². The first-order chi connectivity index (χ1) is 14.5. The number of nitrogens with one attached hydrogen (secondary N) is 1. The maximum atomic E-state index is 12.3. The molecule has 9 heteroatoms. The maximum absolute atomic E-state index is 12.3. The first-order valence-electron chi connectivity index (χ1n) is 9.67. The molecule has 1 heterocycles. The Balaban J connectivity index is 1.70. The molecule has 30 heavy (non-hydrogen) atoms. The number of hydrogen-bond donors (Lipinski definition) is 1. The van der Waals surface area contributed by atoms with Crippen LogP contribution in [0.4, 0.5) is 17.1 Å². The van der Waals surface area contributed by atoms with E-state index in [1.807, 2.05) is 12.1 Å². The summed E-state index contributed by atoms with van der Waals surface area (Å²) in [5.41, 5.74) is 1.98. The summed E-state index contributed by atoms with van der Waals surface area (Å²) in [4.78, 5) is 28.1. The largest absolute Gasteiger partial charge is 0.353 e. The van der Waals surface area contributed by atoms with Crippen molar-refractivity contribution < 1.29 is 24.0 Å². The van der Waals surface area contributed by atoms with Crippen LogP contribution in [0.3, 0.4) is 0 Å². The second-order valence-electron chi connectivity index (χ2n) is 6.90. The first kappa shape index (κ1) is 21.7. The molecule has 0 bridgehead atoms. The molecule has 1 aliphatic heterocycles. The molecule has 1 unspecified atom stereocenters. The highest BCUT2D eigenvalue weighted by Gasteiger charge is 2.19. The van der Waals surface area contributed by atoms with E-state index in [0.717, 1.165) is 36.5 Å². The minimum atomic E-state index is -0.497. The van der Waals surface area contributed by atoms with Crippen molar-refractivity contribution in [2.24, 2.45) is 0 Å². The van der Waals surface area contributed by atoms with E-state index in [9.17, 15) is 14.9 Å². The number of rotatable bonds is 8. The number of benzene rings is 2. The minimum absolute atomic E-state index is 0.131. The second-order valence-corrected chi connectivity index (χ2v) is 6.90. The lowest BCUT2D eigenvalue weighted by Crippen LogP contribution is -2.25. The lowest BCUT2D eigenvalue weighted by Gasteiger charge is -2.22. The van der Waals surface area contributed by atoms with Crippen molar-refractivity contribution >= 4 is 23.0 Å². The molecule has 160 valence electrons. The topological polar surface area (TPSA) is 103 Å². The molecule has 1 N–H and O–H groups in total. The van der Waals surface area contributed by atoms with Gasteiger partial charge in [-0.15, -0.1) is 0 Å². The van der Waals surface area contributed by atoms with Crippen LogP contribution in [0.2, 0.25) is 0 Å². The molecule has 0 aromatic heterocycles. The third kappa shape index (κ3) is 5.53. The Bertz CT molecular complexity index is 881. The smallest absolute Gasteiger partial charge is 0.292 e. The lowest BCUT2D eigenvalue weighted by atomic mass is 10.1. The summed E-state index contributed by atoms with van der Waals surface area (Å²) in [6.07, 6.45) is 2.91. The van der Waals surface area contributed by atoms with Crippen molar-refractivity contribution in [1.82, 2.24) is 5.06 Å². The Morgan fingerprint density at radius 3 is 2.67 bits per heavy atom. The van der Waals surface area contributed by atoms with Gasteiger partial charge in [-0.1, -0.05) is 12.1 Å². The molecule has 0 radical (unpaired) electrons. The van der Waals surface area contributed by atoms with Crippen molar-refractivity contribution in [3.8, 4) is 0 Å². The number of carbonyl (C=O) groups excluding carboxylic acids is 1. The molecule has 2 aromatic carbocycles. The highest BCUT2D eigenvalue weighted by Crippen LogP contribution is 2.29. The number of ether oxygens (including phenoxy) is 2.